The first-order valence-electron chi connectivity index (χ1n) is 7.89. The number of carbonyl (C=O) groups is 1. The molecule has 2 aliphatic rings. The number of nitrogens with zero attached hydrogens (tertiary/aromatic N) is 1. The van der Waals surface area contributed by atoms with Crippen molar-refractivity contribution < 1.29 is 9.53 Å². The molecule has 4 heteroatoms. The van der Waals surface area contributed by atoms with Crippen molar-refractivity contribution in [2.45, 2.75) is 31.2 Å². The van der Waals surface area contributed by atoms with E-state index < -0.39 is 0 Å². The van der Waals surface area contributed by atoms with Crippen LogP contribution in [0, 0.1) is 0 Å². The molecule has 1 N–H and O–H groups in total. The van der Waals surface area contributed by atoms with Crippen LogP contribution in [0.3, 0.4) is 0 Å². The maximum atomic E-state index is 13.3. The molecule has 1 aromatic carbocycles. The second-order valence-electron chi connectivity index (χ2n) is 6.12. The van der Waals surface area contributed by atoms with E-state index in [9.17, 15) is 4.79 Å². The van der Waals surface area contributed by atoms with E-state index in [-0.39, 0.29) is 17.4 Å². The van der Waals surface area contributed by atoms with Crippen molar-refractivity contribution in [2.24, 2.45) is 0 Å². The molecule has 0 aromatic heterocycles. The molecule has 2 fully saturated rings. The summed E-state index contributed by atoms with van der Waals surface area (Å²) in [6, 6.07) is 10.5. The summed E-state index contributed by atoms with van der Waals surface area (Å²) in [6.45, 7) is 5.89. The summed E-state index contributed by atoms with van der Waals surface area (Å²) < 4.78 is 5.48. The zero-order valence-corrected chi connectivity index (χ0v) is 12.7. The number of hydrogen-bond acceptors (Lipinski definition) is 3. The molecule has 0 saturated carbocycles. The van der Waals surface area contributed by atoms with E-state index in [1.807, 2.05) is 23.1 Å². The van der Waals surface area contributed by atoms with Gasteiger partial charge >= 0.3 is 0 Å². The van der Waals surface area contributed by atoms with Crippen molar-refractivity contribution in [1.29, 1.82) is 0 Å². The molecule has 114 valence electrons. The van der Waals surface area contributed by atoms with Gasteiger partial charge in [0.15, 0.2) is 0 Å². The predicted molar refractivity (Wildman–Crippen MR) is 82.2 cm³/mol. The van der Waals surface area contributed by atoms with Crippen molar-refractivity contribution in [1.82, 2.24) is 10.2 Å². The van der Waals surface area contributed by atoms with E-state index in [0.29, 0.717) is 19.8 Å². The van der Waals surface area contributed by atoms with Crippen LogP contribution in [-0.4, -0.2) is 49.7 Å². The van der Waals surface area contributed by atoms with Gasteiger partial charge < -0.3 is 15.0 Å². The Morgan fingerprint density at radius 3 is 2.67 bits per heavy atom. The molecule has 1 amide bonds. The maximum Gasteiger partial charge on any atom is 0.233 e. The van der Waals surface area contributed by atoms with Crippen LogP contribution in [0.2, 0.25) is 0 Å². The minimum absolute atomic E-state index is 0.168. The van der Waals surface area contributed by atoms with Gasteiger partial charge in [0.25, 0.3) is 0 Å². The average molecular weight is 288 g/mol. The number of ether oxygens (including phenoxy) is 1. The number of rotatable bonds is 2. The molecule has 0 spiro atoms. The van der Waals surface area contributed by atoms with E-state index in [1.54, 1.807) is 0 Å². The zero-order valence-electron chi connectivity index (χ0n) is 12.7. The third-order valence-corrected chi connectivity index (χ3v) is 4.82. The molecule has 1 aromatic rings. The predicted octanol–water partition coefficient (Wildman–Crippen LogP) is 1.56. The Hall–Kier alpha value is -1.39. The molecular formula is C17H24N2O2. The fraction of sp³-hybridized carbons (Fsp3) is 0.588. The Morgan fingerprint density at radius 2 is 2.00 bits per heavy atom. The van der Waals surface area contributed by atoms with Gasteiger partial charge in [-0.2, -0.15) is 0 Å². The first-order chi connectivity index (χ1) is 10.2. The summed E-state index contributed by atoms with van der Waals surface area (Å²) in [7, 11) is 0. The molecular weight excluding hydrogens is 264 g/mol. The highest BCUT2D eigenvalue weighted by atomic mass is 16.5. The van der Waals surface area contributed by atoms with Crippen LogP contribution in [-0.2, 0) is 14.9 Å². The van der Waals surface area contributed by atoms with E-state index >= 15 is 0 Å². The monoisotopic (exact) mass is 288 g/mol. The number of nitrogens with one attached hydrogen (secondary N) is 1. The summed E-state index contributed by atoms with van der Waals surface area (Å²) in [4.78, 5) is 15.4. The van der Waals surface area contributed by atoms with Crippen LogP contribution < -0.4 is 5.32 Å². The molecule has 0 bridgehead atoms. The second-order valence-corrected chi connectivity index (χ2v) is 6.12. The summed E-state index contributed by atoms with van der Waals surface area (Å²) in [5, 5.41) is 3.38. The van der Waals surface area contributed by atoms with Gasteiger partial charge in [-0.3, -0.25) is 4.79 Å². The molecule has 0 aliphatic carbocycles. The number of hydrogen-bond donors (Lipinski definition) is 1. The Balaban J connectivity index is 1.93. The summed E-state index contributed by atoms with van der Waals surface area (Å²) >= 11 is 0. The minimum Gasteiger partial charge on any atom is -0.377 e. The molecule has 3 rings (SSSR count). The van der Waals surface area contributed by atoms with Crippen LogP contribution in [0.15, 0.2) is 30.3 Å². The van der Waals surface area contributed by atoms with Crippen molar-refractivity contribution in [3.05, 3.63) is 35.9 Å². The fourth-order valence-electron chi connectivity index (χ4n) is 3.54. The van der Waals surface area contributed by atoms with Gasteiger partial charge in [0.1, 0.15) is 0 Å². The van der Waals surface area contributed by atoms with Crippen molar-refractivity contribution >= 4 is 5.91 Å². The summed E-state index contributed by atoms with van der Waals surface area (Å²) in [6.07, 6.45) is 1.75. The number of amides is 1. The first kappa shape index (κ1) is 14.5. The quantitative estimate of drug-likeness (QED) is 0.898. The lowest BCUT2D eigenvalue weighted by molar-refractivity contribution is -0.146. The molecule has 1 unspecified atom stereocenters. The lowest BCUT2D eigenvalue weighted by Gasteiger charge is -2.43. The number of carbonyl (C=O) groups excluding carboxylic acids is 1. The zero-order chi connectivity index (χ0) is 14.7. The molecule has 2 saturated heterocycles. The van der Waals surface area contributed by atoms with Gasteiger partial charge in [0.05, 0.1) is 24.7 Å². The van der Waals surface area contributed by atoms with Crippen LogP contribution in [0.5, 0.6) is 0 Å². The smallest absolute Gasteiger partial charge is 0.233 e. The topological polar surface area (TPSA) is 41.6 Å². The van der Waals surface area contributed by atoms with Gasteiger partial charge in [0, 0.05) is 6.54 Å². The molecule has 2 aliphatic heterocycles. The highest BCUT2D eigenvalue weighted by Gasteiger charge is 2.44. The van der Waals surface area contributed by atoms with E-state index in [1.165, 1.54) is 0 Å². The molecule has 21 heavy (non-hydrogen) atoms. The molecule has 2 heterocycles. The Labute approximate surface area is 126 Å². The van der Waals surface area contributed by atoms with Crippen molar-refractivity contribution in [3.8, 4) is 0 Å². The maximum absolute atomic E-state index is 13.3. The van der Waals surface area contributed by atoms with Crippen LogP contribution in [0.25, 0.3) is 0 Å². The first-order valence-corrected chi connectivity index (χ1v) is 7.89. The second kappa shape index (κ2) is 6.16. The Morgan fingerprint density at radius 1 is 1.29 bits per heavy atom. The number of benzene rings is 1. The molecule has 1 atom stereocenters. The third-order valence-electron chi connectivity index (χ3n) is 4.82. The van der Waals surface area contributed by atoms with Gasteiger partial charge in [-0.1, -0.05) is 30.3 Å². The summed E-state index contributed by atoms with van der Waals surface area (Å²) in [5.41, 5.74) is 0.799. The summed E-state index contributed by atoms with van der Waals surface area (Å²) in [5.74, 6) is 0.283. The van der Waals surface area contributed by atoms with Gasteiger partial charge in [0.2, 0.25) is 5.91 Å². The number of piperidine rings is 1. The number of morpholine rings is 1. The Kier molecular flexibility index (Phi) is 4.27. The third kappa shape index (κ3) is 2.70. The lowest BCUT2D eigenvalue weighted by Crippen LogP contribution is -2.57. The van der Waals surface area contributed by atoms with Gasteiger partial charge in [-0.05, 0) is 38.4 Å². The SMILES string of the molecule is CC1COCCN1C(=O)C1(c2ccccc2)CCNCC1. The van der Waals surface area contributed by atoms with E-state index in [0.717, 1.165) is 31.5 Å². The molecule has 4 nitrogen and oxygen atoms in total. The highest BCUT2D eigenvalue weighted by Crippen LogP contribution is 2.36. The van der Waals surface area contributed by atoms with Crippen molar-refractivity contribution in [3.63, 3.8) is 0 Å². The van der Waals surface area contributed by atoms with Crippen LogP contribution >= 0.6 is 0 Å². The van der Waals surface area contributed by atoms with Gasteiger partial charge in [-0.25, -0.2) is 0 Å². The van der Waals surface area contributed by atoms with Crippen molar-refractivity contribution in [2.75, 3.05) is 32.8 Å². The fourth-order valence-corrected chi connectivity index (χ4v) is 3.54. The normalized spacial score (nSPS) is 25.6. The minimum atomic E-state index is -0.363. The van der Waals surface area contributed by atoms with E-state index in [4.69, 9.17) is 4.74 Å². The van der Waals surface area contributed by atoms with Gasteiger partial charge in [-0.15, -0.1) is 0 Å². The van der Waals surface area contributed by atoms with E-state index in [2.05, 4.69) is 24.4 Å². The molecule has 0 radical (unpaired) electrons. The average Bonchev–Trinajstić information content (AvgIpc) is 2.56. The van der Waals surface area contributed by atoms with Crippen LogP contribution in [0.4, 0.5) is 0 Å². The standard InChI is InChI=1S/C17H24N2O2/c1-14-13-21-12-11-19(14)16(20)17(7-9-18-10-8-17)15-5-3-2-4-6-15/h2-6,14,18H,7-13H2,1H3. The Bertz CT molecular complexity index is 483. The lowest BCUT2D eigenvalue weighted by atomic mass is 9.71. The highest BCUT2D eigenvalue weighted by molar-refractivity contribution is 5.89. The largest absolute Gasteiger partial charge is 0.377 e. The van der Waals surface area contributed by atoms with Crippen LogP contribution in [0.1, 0.15) is 25.3 Å².